The van der Waals surface area contributed by atoms with Crippen LogP contribution in [0.5, 0.6) is 0 Å². The molecule has 17 heavy (non-hydrogen) atoms. The van der Waals surface area contributed by atoms with Gasteiger partial charge in [0, 0.05) is 0 Å². The second-order valence-corrected chi connectivity index (χ2v) is 5.14. The molecule has 0 radical (unpaired) electrons. The van der Waals surface area contributed by atoms with Gasteiger partial charge in [-0.1, -0.05) is 26.2 Å². The molecule has 0 N–H and O–H groups in total. The fraction of sp³-hybridized carbons (Fsp3) is 0.938. The molecule has 0 aliphatic heterocycles. The summed E-state index contributed by atoms with van der Waals surface area (Å²) in [5.41, 5.74) is 0. The fourth-order valence-corrected chi connectivity index (χ4v) is 2.21. The van der Waals surface area contributed by atoms with Crippen LogP contribution in [-0.2, 0) is 4.65 Å². The molecule has 0 saturated carbocycles. The number of hydrogen-bond acceptors (Lipinski definition) is 0. The Morgan fingerprint density at radius 1 is 0.588 bits per heavy atom. The van der Waals surface area contributed by atoms with E-state index in [0.717, 1.165) is 6.42 Å². The molecule has 0 aliphatic rings. The standard InChI is InChI=1S/C16H31O/c1-2-3-4-5-6-7-8-9-10-11-12-13-14-15-16-17/h2-15H2,1H3/q+1. The molecule has 1 nitrogen and oxygen atoms in total. The van der Waals surface area contributed by atoms with Gasteiger partial charge in [-0.05, 0) is 0 Å². The third kappa shape index (κ3) is 15.7. The van der Waals surface area contributed by atoms with Crippen molar-refractivity contribution in [3.63, 3.8) is 0 Å². The molecule has 1 heteroatoms. The van der Waals surface area contributed by atoms with E-state index in [1.54, 1.807) is 0 Å². The fourth-order valence-electron chi connectivity index (χ4n) is 2.21. The van der Waals surface area contributed by atoms with E-state index in [-0.39, 0.29) is 0 Å². The third-order valence-electron chi connectivity index (χ3n) is 3.38. The number of hydrogen-bond donors (Lipinski definition) is 0. The Kier molecular flexibility index (Phi) is 15.5. The van der Waals surface area contributed by atoms with Crippen LogP contribution in [0.15, 0.2) is 0 Å². The van der Waals surface area contributed by atoms with Crippen LogP contribution in [0, 0.1) is 6.15 Å². The van der Waals surface area contributed by atoms with Crippen molar-refractivity contribution in [3.05, 3.63) is 0 Å². The third-order valence-corrected chi connectivity index (χ3v) is 3.38. The minimum atomic E-state index is 0.637. The van der Waals surface area contributed by atoms with Gasteiger partial charge in [0.05, 0.1) is 0 Å². The molecule has 0 aliphatic carbocycles. The minimum absolute atomic E-state index is 0.637. The molecule has 0 aromatic carbocycles. The maximum absolute atomic E-state index is 9.98. The van der Waals surface area contributed by atoms with Crippen LogP contribution < -0.4 is 0 Å². The Hall–Kier alpha value is -0.260. The Balaban J connectivity index is 2.87. The summed E-state index contributed by atoms with van der Waals surface area (Å²) in [6.07, 6.45) is 20.2. The summed E-state index contributed by atoms with van der Waals surface area (Å²) >= 11 is 0. The van der Waals surface area contributed by atoms with Gasteiger partial charge in [-0.15, -0.1) is 0 Å². The van der Waals surface area contributed by atoms with Crippen LogP contribution in [0.4, 0.5) is 0 Å². The molecule has 0 unspecified atom stereocenters. The van der Waals surface area contributed by atoms with Gasteiger partial charge in [0.2, 0.25) is 0 Å². The van der Waals surface area contributed by atoms with Gasteiger partial charge < -0.3 is 0 Å². The summed E-state index contributed by atoms with van der Waals surface area (Å²) in [5.74, 6) is 0. The quantitative estimate of drug-likeness (QED) is 0.283. The molecule has 0 bridgehead atoms. The van der Waals surface area contributed by atoms with Crippen molar-refractivity contribution in [2.75, 3.05) is 0 Å². The number of unbranched alkanes of at least 4 members (excludes halogenated alkanes) is 13. The summed E-state index contributed by atoms with van der Waals surface area (Å²) in [5, 5.41) is 0. The van der Waals surface area contributed by atoms with E-state index in [4.69, 9.17) is 0 Å². The van der Waals surface area contributed by atoms with E-state index in [0.29, 0.717) is 6.42 Å². The molecular weight excluding hydrogens is 208 g/mol. The predicted octanol–water partition coefficient (Wildman–Crippen LogP) is 5.86. The zero-order valence-corrected chi connectivity index (χ0v) is 11.8. The second-order valence-electron chi connectivity index (χ2n) is 5.14. The Morgan fingerprint density at radius 2 is 0.941 bits per heavy atom. The average Bonchev–Trinajstić information content (AvgIpc) is 2.35. The van der Waals surface area contributed by atoms with Crippen molar-refractivity contribution in [1.82, 2.24) is 0 Å². The molecule has 0 saturated heterocycles. The molecule has 0 amide bonds. The first-order chi connectivity index (χ1) is 8.41. The molecule has 0 atom stereocenters. The van der Waals surface area contributed by atoms with Crippen molar-refractivity contribution in [2.45, 2.75) is 96.8 Å². The van der Waals surface area contributed by atoms with Gasteiger partial charge in [-0.2, -0.15) is 0 Å². The van der Waals surface area contributed by atoms with Gasteiger partial charge >= 0.3 is 81.4 Å². The first kappa shape index (κ1) is 16.7. The van der Waals surface area contributed by atoms with Crippen molar-refractivity contribution < 1.29 is 4.65 Å². The monoisotopic (exact) mass is 239 g/mol. The van der Waals surface area contributed by atoms with E-state index in [1.807, 2.05) is 6.15 Å². The molecule has 0 fully saturated rings. The second kappa shape index (κ2) is 15.7. The van der Waals surface area contributed by atoms with Crippen LogP contribution in [-0.4, -0.2) is 0 Å². The van der Waals surface area contributed by atoms with E-state index >= 15 is 0 Å². The van der Waals surface area contributed by atoms with Crippen LogP contribution in [0.25, 0.3) is 0 Å². The summed E-state index contributed by atoms with van der Waals surface area (Å²) in [4.78, 5) is 0. The zero-order valence-electron chi connectivity index (χ0n) is 11.8. The van der Waals surface area contributed by atoms with Gasteiger partial charge in [0.1, 0.15) is 0 Å². The average molecular weight is 239 g/mol. The van der Waals surface area contributed by atoms with E-state index in [2.05, 4.69) is 6.92 Å². The van der Waals surface area contributed by atoms with E-state index in [1.165, 1.54) is 77.0 Å². The molecular formula is C16H31O+. The van der Waals surface area contributed by atoms with Crippen molar-refractivity contribution in [2.24, 2.45) is 0 Å². The van der Waals surface area contributed by atoms with Gasteiger partial charge in [-0.25, -0.2) is 0 Å². The van der Waals surface area contributed by atoms with E-state index in [9.17, 15) is 4.65 Å². The SMILES string of the molecule is CCCCCCCCCCCCCCCC#[O+]. The molecule has 0 aromatic heterocycles. The van der Waals surface area contributed by atoms with Crippen molar-refractivity contribution in [3.8, 4) is 6.15 Å². The molecule has 0 heterocycles. The predicted molar refractivity (Wildman–Crippen MR) is 74.9 cm³/mol. The van der Waals surface area contributed by atoms with Crippen LogP contribution in [0.3, 0.4) is 0 Å². The van der Waals surface area contributed by atoms with Gasteiger partial charge in [0.15, 0.2) is 0 Å². The first-order valence-corrected chi connectivity index (χ1v) is 7.76. The molecule has 100 valence electrons. The van der Waals surface area contributed by atoms with Gasteiger partial charge in [-0.3, -0.25) is 0 Å². The Morgan fingerprint density at radius 3 is 1.29 bits per heavy atom. The van der Waals surface area contributed by atoms with E-state index < -0.39 is 0 Å². The summed E-state index contributed by atoms with van der Waals surface area (Å²) < 4.78 is 9.98. The Labute approximate surface area is 108 Å². The van der Waals surface area contributed by atoms with Crippen LogP contribution in [0.1, 0.15) is 96.8 Å². The first-order valence-electron chi connectivity index (χ1n) is 7.76. The summed E-state index contributed by atoms with van der Waals surface area (Å²) in [6, 6.07) is 0. The number of rotatable bonds is 13. The molecule has 0 rings (SSSR count). The van der Waals surface area contributed by atoms with Crippen molar-refractivity contribution >= 4 is 0 Å². The molecule has 0 aromatic rings. The van der Waals surface area contributed by atoms with Crippen molar-refractivity contribution in [1.29, 1.82) is 0 Å². The normalized spacial score (nSPS) is 10.4. The van der Waals surface area contributed by atoms with Gasteiger partial charge in [0.25, 0.3) is 0 Å². The Bertz CT molecular complexity index is 169. The maximum atomic E-state index is 9.98. The zero-order chi connectivity index (χ0) is 12.6. The summed E-state index contributed by atoms with van der Waals surface area (Å²) in [7, 11) is 0. The van der Waals surface area contributed by atoms with Crippen LogP contribution in [0.2, 0.25) is 0 Å². The topological polar surface area (TPSA) is 19.9 Å². The molecule has 0 spiro atoms. The summed E-state index contributed by atoms with van der Waals surface area (Å²) in [6.45, 7) is 2.27. The van der Waals surface area contributed by atoms with Crippen LogP contribution >= 0.6 is 0 Å².